The molecule has 34 heavy (non-hydrogen) atoms. The van der Waals surface area contributed by atoms with Gasteiger partial charge in [-0.15, -0.1) is 5.10 Å². The Morgan fingerprint density at radius 2 is 1.71 bits per heavy atom. The summed E-state index contributed by atoms with van der Waals surface area (Å²) in [7, 11) is -3.77. The van der Waals surface area contributed by atoms with Gasteiger partial charge in [-0.1, -0.05) is 23.3 Å². The SMILES string of the molecule is O=C(Nc1nnc(-c2ccc(F)cc2)o1)c1ccc(S(=O)(=O)N2CCCc3ccccc32)cc1. The van der Waals surface area contributed by atoms with E-state index < -0.39 is 21.7 Å². The van der Waals surface area contributed by atoms with Crippen LogP contribution >= 0.6 is 0 Å². The molecule has 0 bridgehead atoms. The number of carbonyl (C=O) groups excluding carboxylic acids is 1. The number of nitrogens with one attached hydrogen (secondary N) is 1. The monoisotopic (exact) mass is 478 g/mol. The number of halogens is 1. The number of amides is 1. The molecule has 172 valence electrons. The third kappa shape index (κ3) is 4.15. The Hall–Kier alpha value is -4.05. The molecule has 1 aromatic heterocycles. The van der Waals surface area contributed by atoms with Gasteiger partial charge in [-0.25, -0.2) is 12.8 Å². The molecule has 8 nitrogen and oxygen atoms in total. The summed E-state index contributed by atoms with van der Waals surface area (Å²) in [5.41, 5.74) is 2.40. The number of sulfonamides is 1. The molecular formula is C24H19FN4O4S. The van der Waals surface area contributed by atoms with Gasteiger partial charge in [0, 0.05) is 17.7 Å². The molecule has 1 amide bonds. The van der Waals surface area contributed by atoms with Crippen molar-refractivity contribution in [3.05, 3.63) is 89.7 Å². The van der Waals surface area contributed by atoms with E-state index in [0.29, 0.717) is 17.8 Å². The molecule has 0 saturated heterocycles. The van der Waals surface area contributed by atoms with Crippen molar-refractivity contribution in [2.75, 3.05) is 16.2 Å². The van der Waals surface area contributed by atoms with Crippen LogP contribution in [0.4, 0.5) is 16.1 Å². The molecule has 0 spiro atoms. The molecule has 0 unspecified atom stereocenters. The number of para-hydroxylation sites is 1. The van der Waals surface area contributed by atoms with Crippen LogP contribution in [0.15, 0.2) is 82.1 Å². The van der Waals surface area contributed by atoms with Crippen molar-refractivity contribution in [3.63, 3.8) is 0 Å². The average molecular weight is 479 g/mol. The van der Waals surface area contributed by atoms with E-state index in [0.717, 1.165) is 18.4 Å². The molecule has 3 aromatic carbocycles. The maximum absolute atomic E-state index is 13.2. The second kappa shape index (κ2) is 8.71. The summed E-state index contributed by atoms with van der Waals surface area (Å²) < 4.78 is 46.4. The molecule has 0 atom stereocenters. The predicted octanol–water partition coefficient (Wildman–Crippen LogP) is 4.27. The van der Waals surface area contributed by atoms with Gasteiger partial charge in [-0.05, 0) is 73.0 Å². The van der Waals surface area contributed by atoms with Gasteiger partial charge >= 0.3 is 6.01 Å². The van der Waals surface area contributed by atoms with Crippen molar-refractivity contribution >= 4 is 27.6 Å². The number of anilines is 2. The third-order valence-corrected chi connectivity index (χ3v) is 7.34. The molecule has 1 N–H and O–H groups in total. The lowest BCUT2D eigenvalue weighted by molar-refractivity contribution is 0.102. The number of nitrogens with zero attached hydrogens (tertiary/aromatic N) is 3. The third-order valence-electron chi connectivity index (χ3n) is 5.51. The predicted molar refractivity (Wildman–Crippen MR) is 123 cm³/mol. The number of carbonyl (C=O) groups is 1. The number of aryl methyl sites for hydroxylation is 1. The van der Waals surface area contributed by atoms with Gasteiger partial charge in [-0.3, -0.25) is 14.4 Å². The molecule has 5 rings (SSSR count). The van der Waals surface area contributed by atoms with Crippen molar-refractivity contribution in [3.8, 4) is 11.5 Å². The fourth-order valence-electron chi connectivity index (χ4n) is 3.81. The number of rotatable bonds is 5. The average Bonchev–Trinajstić information content (AvgIpc) is 3.32. The first-order valence-electron chi connectivity index (χ1n) is 10.5. The van der Waals surface area contributed by atoms with Crippen LogP contribution in [-0.4, -0.2) is 31.1 Å². The Bertz CT molecular complexity index is 1450. The molecule has 1 aliphatic rings. The first-order chi connectivity index (χ1) is 16.4. The van der Waals surface area contributed by atoms with Gasteiger partial charge < -0.3 is 4.42 Å². The van der Waals surface area contributed by atoms with Gasteiger partial charge in [0.25, 0.3) is 15.9 Å². The number of hydrogen-bond acceptors (Lipinski definition) is 6. The number of hydrogen-bond donors (Lipinski definition) is 1. The highest BCUT2D eigenvalue weighted by Crippen LogP contribution is 2.32. The summed E-state index contributed by atoms with van der Waals surface area (Å²) in [5, 5.41) is 10.1. The van der Waals surface area contributed by atoms with Crippen molar-refractivity contribution in [2.45, 2.75) is 17.7 Å². The summed E-state index contributed by atoms with van der Waals surface area (Å²) in [6.45, 7) is 0.398. The minimum Gasteiger partial charge on any atom is -0.403 e. The maximum Gasteiger partial charge on any atom is 0.322 e. The van der Waals surface area contributed by atoms with Crippen molar-refractivity contribution in [1.82, 2.24) is 10.2 Å². The molecule has 0 radical (unpaired) electrons. The molecule has 0 saturated carbocycles. The van der Waals surface area contributed by atoms with Crippen LogP contribution in [-0.2, 0) is 16.4 Å². The Morgan fingerprint density at radius 3 is 2.47 bits per heavy atom. The highest BCUT2D eigenvalue weighted by Gasteiger charge is 2.29. The van der Waals surface area contributed by atoms with E-state index in [2.05, 4.69) is 15.5 Å². The number of benzene rings is 3. The quantitative estimate of drug-likeness (QED) is 0.459. The van der Waals surface area contributed by atoms with E-state index in [4.69, 9.17) is 4.42 Å². The molecule has 10 heteroatoms. The van der Waals surface area contributed by atoms with Crippen LogP contribution in [0, 0.1) is 5.82 Å². The zero-order valence-electron chi connectivity index (χ0n) is 17.8. The smallest absolute Gasteiger partial charge is 0.322 e. The van der Waals surface area contributed by atoms with Crippen molar-refractivity contribution < 1.29 is 22.0 Å². The van der Waals surface area contributed by atoms with Crippen molar-refractivity contribution in [2.24, 2.45) is 0 Å². The van der Waals surface area contributed by atoms with Gasteiger partial charge in [0.1, 0.15) is 5.82 Å². The first kappa shape index (κ1) is 21.8. The summed E-state index contributed by atoms with van der Waals surface area (Å²) >= 11 is 0. The second-order valence-electron chi connectivity index (χ2n) is 7.71. The minimum atomic E-state index is -3.77. The number of aromatic nitrogens is 2. The Morgan fingerprint density at radius 1 is 0.971 bits per heavy atom. The van der Waals surface area contributed by atoms with Gasteiger partial charge in [0.2, 0.25) is 5.89 Å². The highest BCUT2D eigenvalue weighted by molar-refractivity contribution is 7.92. The van der Waals surface area contributed by atoms with E-state index in [-0.39, 0.29) is 22.4 Å². The maximum atomic E-state index is 13.2. The van der Waals surface area contributed by atoms with E-state index in [1.54, 1.807) is 6.07 Å². The molecule has 2 heterocycles. The zero-order chi connectivity index (χ0) is 23.7. The van der Waals surface area contributed by atoms with Crippen LogP contribution in [0.1, 0.15) is 22.3 Å². The fourth-order valence-corrected chi connectivity index (χ4v) is 5.35. The van der Waals surface area contributed by atoms with E-state index >= 15 is 0 Å². The van der Waals surface area contributed by atoms with E-state index in [1.165, 1.54) is 52.8 Å². The first-order valence-corrected chi connectivity index (χ1v) is 12.0. The standard InChI is InChI=1S/C24H19FN4O4S/c25-19-11-7-18(8-12-19)23-27-28-24(33-23)26-22(30)17-9-13-20(14-10-17)34(31,32)29-15-3-5-16-4-1-2-6-21(16)29/h1-2,4,6-14H,3,5,15H2,(H,26,28,30). The Labute approximate surface area is 195 Å². The van der Waals surface area contributed by atoms with Crippen molar-refractivity contribution in [1.29, 1.82) is 0 Å². The topological polar surface area (TPSA) is 105 Å². The molecule has 4 aromatic rings. The normalized spacial score (nSPS) is 13.4. The molecule has 0 aliphatic carbocycles. The van der Waals surface area contributed by atoms with Crippen LogP contribution < -0.4 is 9.62 Å². The van der Waals surface area contributed by atoms with Gasteiger partial charge in [-0.2, -0.15) is 0 Å². The number of fused-ring (bicyclic) bond motifs is 1. The summed E-state index contributed by atoms with van der Waals surface area (Å²) in [4.78, 5) is 12.7. The van der Waals surface area contributed by atoms with Crippen LogP contribution in [0.2, 0.25) is 0 Å². The zero-order valence-corrected chi connectivity index (χ0v) is 18.6. The molecular weight excluding hydrogens is 459 g/mol. The largest absolute Gasteiger partial charge is 0.403 e. The Balaban J connectivity index is 1.32. The molecule has 1 aliphatic heterocycles. The lowest BCUT2D eigenvalue weighted by Gasteiger charge is -2.30. The lowest BCUT2D eigenvalue weighted by Crippen LogP contribution is -2.35. The lowest BCUT2D eigenvalue weighted by atomic mass is 10.0. The van der Waals surface area contributed by atoms with Crippen LogP contribution in [0.25, 0.3) is 11.5 Å². The van der Waals surface area contributed by atoms with E-state index in [9.17, 15) is 17.6 Å². The summed E-state index contributed by atoms with van der Waals surface area (Å²) in [6.07, 6.45) is 1.57. The summed E-state index contributed by atoms with van der Waals surface area (Å²) in [6, 6.07) is 18.5. The van der Waals surface area contributed by atoms with Gasteiger partial charge in [0.15, 0.2) is 0 Å². The molecule has 0 fully saturated rings. The highest BCUT2D eigenvalue weighted by atomic mass is 32.2. The second-order valence-corrected chi connectivity index (χ2v) is 9.57. The van der Waals surface area contributed by atoms with Gasteiger partial charge in [0.05, 0.1) is 10.6 Å². The minimum absolute atomic E-state index is 0.0946. The summed E-state index contributed by atoms with van der Waals surface area (Å²) in [5.74, 6) is -0.813. The van der Waals surface area contributed by atoms with Crippen LogP contribution in [0.5, 0.6) is 0 Å². The fraction of sp³-hybridized carbons (Fsp3) is 0.125. The van der Waals surface area contributed by atoms with Crippen LogP contribution in [0.3, 0.4) is 0 Å². The van der Waals surface area contributed by atoms with E-state index in [1.807, 2.05) is 18.2 Å². The Kier molecular flexibility index (Phi) is 5.58.